The van der Waals surface area contributed by atoms with Crippen LogP contribution < -0.4 is 15.8 Å². The van der Waals surface area contributed by atoms with E-state index >= 15 is 0 Å². The molecule has 0 aliphatic carbocycles. The highest BCUT2D eigenvalue weighted by molar-refractivity contribution is 5.77. The molecule has 20 heavy (non-hydrogen) atoms. The van der Waals surface area contributed by atoms with Gasteiger partial charge in [0.25, 0.3) is 5.91 Å². The highest BCUT2D eigenvalue weighted by Gasteiger charge is 2.14. The number of amides is 1. The fourth-order valence-electron chi connectivity index (χ4n) is 2.15. The van der Waals surface area contributed by atoms with Gasteiger partial charge in [-0.3, -0.25) is 4.79 Å². The second-order valence-corrected chi connectivity index (χ2v) is 5.02. The van der Waals surface area contributed by atoms with Crippen molar-refractivity contribution >= 4 is 5.91 Å². The van der Waals surface area contributed by atoms with Crippen molar-refractivity contribution in [1.29, 1.82) is 0 Å². The van der Waals surface area contributed by atoms with E-state index in [4.69, 9.17) is 15.2 Å². The predicted octanol–water partition coefficient (Wildman–Crippen LogP) is 1.07. The fraction of sp³-hybridized carbons (Fsp3) is 0.533. The molecule has 110 valence electrons. The summed E-state index contributed by atoms with van der Waals surface area (Å²) in [6.45, 7) is 2.78. The first-order valence-corrected chi connectivity index (χ1v) is 7.04. The normalized spacial score (nSPS) is 18.6. The largest absolute Gasteiger partial charge is 0.484 e. The zero-order chi connectivity index (χ0) is 14.2. The molecule has 0 spiro atoms. The average molecular weight is 278 g/mol. The Morgan fingerprint density at radius 3 is 2.85 bits per heavy atom. The maximum Gasteiger partial charge on any atom is 0.257 e. The topological polar surface area (TPSA) is 73.6 Å². The average Bonchev–Trinajstić information content (AvgIpc) is 2.52. The Balaban J connectivity index is 1.66. The summed E-state index contributed by atoms with van der Waals surface area (Å²) in [6, 6.07) is 7.44. The Morgan fingerprint density at radius 2 is 2.20 bits per heavy atom. The summed E-state index contributed by atoms with van der Waals surface area (Å²) in [5, 5.41) is 2.88. The molecule has 1 saturated heterocycles. The second-order valence-electron chi connectivity index (χ2n) is 5.02. The minimum absolute atomic E-state index is 0.0373. The molecule has 1 aliphatic rings. The number of hydrogen-bond donors (Lipinski definition) is 2. The molecule has 5 nitrogen and oxygen atoms in total. The molecule has 0 aromatic heterocycles. The van der Waals surface area contributed by atoms with E-state index in [2.05, 4.69) is 5.32 Å². The predicted molar refractivity (Wildman–Crippen MR) is 76.4 cm³/mol. The van der Waals surface area contributed by atoms with Gasteiger partial charge in [0.2, 0.25) is 0 Å². The zero-order valence-electron chi connectivity index (χ0n) is 11.6. The van der Waals surface area contributed by atoms with Gasteiger partial charge in [-0.05, 0) is 36.5 Å². The Hall–Kier alpha value is -1.59. The van der Waals surface area contributed by atoms with Gasteiger partial charge in [-0.15, -0.1) is 0 Å². The summed E-state index contributed by atoms with van der Waals surface area (Å²) < 4.78 is 10.8. The molecule has 1 amide bonds. The van der Waals surface area contributed by atoms with E-state index in [0.29, 0.717) is 24.8 Å². The Kier molecular flexibility index (Phi) is 5.83. The summed E-state index contributed by atoms with van der Waals surface area (Å²) >= 11 is 0. The van der Waals surface area contributed by atoms with Gasteiger partial charge in [-0.2, -0.15) is 0 Å². The highest BCUT2D eigenvalue weighted by Crippen LogP contribution is 2.13. The van der Waals surface area contributed by atoms with Crippen LogP contribution in [0.3, 0.4) is 0 Å². The van der Waals surface area contributed by atoms with Crippen LogP contribution in [-0.4, -0.2) is 32.3 Å². The third kappa shape index (κ3) is 4.83. The van der Waals surface area contributed by atoms with Crippen molar-refractivity contribution in [1.82, 2.24) is 5.32 Å². The van der Waals surface area contributed by atoms with Crippen molar-refractivity contribution in [2.75, 3.05) is 26.4 Å². The molecule has 1 atom stereocenters. The van der Waals surface area contributed by atoms with Crippen LogP contribution in [0.5, 0.6) is 5.75 Å². The van der Waals surface area contributed by atoms with E-state index in [-0.39, 0.29) is 12.5 Å². The first kappa shape index (κ1) is 14.8. The smallest absolute Gasteiger partial charge is 0.257 e. The summed E-state index contributed by atoms with van der Waals surface area (Å²) in [5.41, 5.74) is 6.56. The van der Waals surface area contributed by atoms with Crippen LogP contribution in [0, 0.1) is 5.92 Å². The van der Waals surface area contributed by atoms with Crippen LogP contribution in [0.4, 0.5) is 0 Å². The van der Waals surface area contributed by atoms with Crippen molar-refractivity contribution in [3.05, 3.63) is 29.8 Å². The SMILES string of the molecule is NCc1ccc(OCC(=O)NCC2CCCOC2)cc1. The third-order valence-corrected chi connectivity index (χ3v) is 3.37. The first-order chi connectivity index (χ1) is 9.78. The minimum atomic E-state index is -0.0986. The molecule has 3 N–H and O–H groups in total. The van der Waals surface area contributed by atoms with Gasteiger partial charge >= 0.3 is 0 Å². The maximum absolute atomic E-state index is 11.7. The van der Waals surface area contributed by atoms with E-state index in [1.54, 1.807) is 0 Å². The van der Waals surface area contributed by atoms with E-state index in [9.17, 15) is 4.79 Å². The van der Waals surface area contributed by atoms with Crippen LogP contribution in [0.25, 0.3) is 0 Å². The number of ether oxygens (including phenoxy) is 2. The van der Waals surface area contributed by atoms with E-state index < -0.39 is 0 Å². The van der Waals surface area contributed by atoms with Crippen molar-refractivity contribution < 1.29 is 14.3 Å². The molecule has 1 aromatic rings. The molecular formula is C15H22N2O3. The molecule has 1 fully saturated rings. The molecule has 0 bridgehead atoms. The lowest BCUT2D eigenvalue weighted by Gasteiger charge is -2.22. The second kappa shape index (κ2) is 7.87. The Morgan fingerprint density at radius 1 is 1.40 bits per heavy atom. The maximum atomic E-state index is 11.7. The molecule has 5 heteroatoms. The van der Waals surface area contributed by atoms with E-state index in [0.717, 1.165) is 31.6 Å². The van der Waals surface area contributed by atoms with E-state index in [1.165, 1.54) is 0 Å². The van der Waals surface area contributed by atoms with Gasteiger partial charge in [0, 0.05) is 19.7 Å². The molecule has 0 radical (unpaired) electrons. The van der Waals surface area contributed by atoms with Gasteiger partial charge in [-0.25, -0.2) is 0 Å². The molecule has 1 heterocycles. The number of rotatable bonds is 6. The first-order valence-electron chi connectivity index (χ1n) is 7.04. The van der Waals surface area contributed by atoms with Crippen LogP contribution in [0.2, 0.25) is 0 Å². The fourth-order valence-corrected chi connectivity index (χ4v) is 2.15. The Bertz CT molecular complexity index is 414. The van der Waals surface area contributed by atoms with Crippen LogP contribution in [0.1, 0.15) is 18.4 Å². The van der Waals surface area contributed by atoms with Crippen molar-refractivity contribution in [3.63, 3.8) is 0 Å². The molecule has 1 aliphatic heterocycles. The highest BCUT2D eigenvalue weighted by atomic mass is 16.5. The Labute approximate surface area is 119 Å². The van der Waals surface area contributed by atoms with Crippen molar-refractivity contribution in [3.8, 4) is 5.75 Å². The number of nitrogens with two attached hydrogens (primary N) is 1. The van der Waals surface area contributed by atoms with Gasteiger partial charge in [0.1, 0.15) is 5.75 Å². The summed E-state index contributed by atoms with van der Waals surface area (Å²) in [7, 11) is 0. The molecule has 2 rings (SSSR count). The van der Waals surface area contributed by atoms with Crippen LogP contribution in [-0.2, 0) is 16.1 Å². The molecule has 1 aromatic carbocycles. The number of nitrogens with one attached hydrogen (secondary N) is 1. The summed E-state index contributed by atoms with van der Waals surface area (Å²) in [5.74, 6) is 1.01. The lowest BCUT2D eigenvalue weighted by Crippen LogP contribution is -2.35. The minimum Gasteiger partial charge on any atom is -0.484 e. The van der Waals surface area contributed by atoms with Crippen molar-refractivity contribution in [2.45, 2.75) is 19.4 Å². The van der Waals surface area contributed by atoms with Gasteiger partial charge < -0.3 is 20.5 Å². The van der Waals surface area contributed by atoms with Crippen LogP contribution in [0.15, 0.2) is 24.3 Å². The standard InChI is InChI=1S/C15H22N2O3/c16-8-12-3-5-14(6-4-12)20-11-15(18)17-9-13-2-1-7-19-10-13/h3-6,13H,1-2,7-11,16H2,(H,17,18). The molecular weight excluding hydrogens is 256 g/mol. The monoisotopic (exact) mass is 278 g/mol. The third-order valence-electron chi connectivity index (χ3n) is 3.37. The number of carbonyl (C=O) groups is 1. The zero-order valence-corrected chi connectivity index (χ0v) is 11.6. The molecule has 1 unspecified atom stereocenters. The lowest BCUT2D eigenvalue weighted by molar-refractivity contribution is -0.123. The molecule has 0 saturated carbocycles. The lowest BCUT2D eigenvalue weighted by atomic mass is 10.0. The van der Waals surface area contributed by atoms with Gasteiger partial charge in [-0.1, -0.05) is 12.1 Å². The number of hydrogen-bond acceptors (Lipinski definition) is 4. The number of benzene rings is 1. The van der Waals surface area contributed by atoms with Gasteiger partial charge in [0.15, 0.2) is 6.61 Å². The van der Waals surface area contributed by atoms with E-state index in [1.807, 2.05) is 24.3 Å². The van der Waals surface area contributed by atoms with Crippen molar-refractivity contribution in [2.24, 2.45) is 11.7 Å². The summed E-state index contributed by atoms with van der Waals surface area (Å²) in [6.07, 6.45) is 2.19. The number of carbonyl (C=O) groups excluding carboxylic acids is 1. The van der Waals surface area contributed by atoms with Gasteiger partial charge in [0.05, 0.1) is 6.61 Å². The van der Waals surface area contributed by atoms with Crippen LogP contribution >= 0.6 is 0 Å². The summed E-state index contributed by atoms with van der Waals surface area (Å²) in [4.78, 5) is 11.7. The quantitative estimate of drug-likeness (QED) is 0.816.